The molecule has 4 nitrogen and oxygen atoms in total. The van der Waals surface area contributed by atoms with E-state index in [1.165, 1.54) is 0 Å². The van der Waals surface area contributed by atoms with Gasteiger partial charge in [-0.25, -0.2) is 4.79 Å². The van der Waals surface area contributed by atoms with Crippen molar-refractivity contribution in [2.24, 2.45) is 0 Å². The quantitative estimate of drug-likeness (QED) is 0.727. The van der Waals surface area contributed by atoms with Gasteiger partial charge in [0.1, 0.15) is 11.4 Å². The predicted octanol–water partition coefficient (Wildman–Crippen LogP) is 2.37. The minimum atomic E-state index is -0.492. The van der Waals surface area contributed by atoms with Gasteiger partial charge in [-0.05, 0) is 27.2 Å². The zero-order valence-corrected chi connectivity index (χ0v) is 10.8. The van der Waals surface area contributed by atoms with E-state index in [0.717, 1.165) is 6.42 Å². The van der Waals surface area contributed by atoms with Gasteiger partial charge in [0.05, 0.1) is 5.54 Å². The molecule has 0 aliphatic heterocycles. The van der Waals surface area contributed by atoms with E-state index in [1.807, 2.05) is 27.7 Å². The van der Waals surface area contributed by atoms with Crippen molar-refractivity contribution in [3.8, 4) is 0 Å². The average Bonchev–Trinajstić information content (AvgIpc) is 2.08. The monoisotopic (exact) mass is 227 g/mol. The van der Waals surface area contributed by atoms with Crippen LogP contribution < -0.4 is 0 Å². The zero-order chi connectivity index (χ0) is 12.6. The number of hydrogen-bond acceptors (Lipinski definition) is 3. The molecular formula is C12H21NO3. The summed E-state index contributed by atoms with van der Waals surface area (Å²) in [5.74, 6) is 0.220. The molecule has 1 aliphatic carbocycles. The number of hydrogen-bond donors (Lipinski definition) is 0. The van der Waals surface area contributed by atoms with Crippen molar-refractivity contribution in [1.82, 2.24) is 4.90 Å². The van der Waals surface area contributed by atoms with Crippen LogP contribution in [0.1, 0.15) is 47.0 Å². The van der Waals surface area contributed by atoms with Gasteiger partial charge >= 0.3 is 6.09 Å². The van der Waals surface area contributed by atoms with Crippen molar-refractivity contribution >= 4 is 11.9 Å². The fourth-order valence-corrected chi connectivity index (χ4v) is 1.93. The molecule has 0 aromatic rings. The lowest BCUT2D eigenvalue weighted by Crippen LogP contribution is -2.58. The first kappa shape index (κ1) is 13.0. The molecule has 1 rings (SSSR count). The Labute approximate surface area is 96.9 Å². The van der Waals surface area contributed by atoms with Gasteiger partial charge in [-0.2, -0.15) is 0 Å². The summed E-state index contributed by atoms with van der Waals surface area (Å²) in [7, 11) is 1.71. The topological polar surface area (TPSA) is 46.6 Å². The fourth-order valence-electron chi connectivity index (χ4n) is 1.93. The Bertz CT molecular complexity index is 296. The van der Waals surface area contributed by atoms with E-state index in [4.69, 9.17) is 4.74 Å². The molecule has 1 fully saturated rings. The average molecular weight is 227 g/mol. The minimum Gasteiger partial charge on any atom is -0.444 e. The van der Waals surface area contributed by atoms with E-state index >= 15 is 0 Å². The molecule has 4 heteroatoms. The van der Waals surface area contributed by atoms with E-state index in [-0.39, 0.29) is 17.4 Å². The molecule has 0 unspecified atom stereocenters. The molecule has 92 valence electrons. The summed E-state index contributed by atoms with van der Waals surface area (Å²) in [4.78, 5) is 24.5. The Morgan fingerprint density at radius 2 is 1.94 bits per heavy atom. The number of rotatable bonds is 2. The van der Waals surface area contributed by atoms with Crippen LogP contribution in [0.25, 0.3) is 0 Å². The van der Waals surface area contributed by atoms with Crippen LogP contribution >= 0.6 is 0 Å². The number of carbonyl (C=O) groups excluding carboxylic acids is 2. The number of carbonyl (C=O) groups is 2. The van der Waals surface area contributed by atoms with Gasteiger partial charge in [-0.15, -0.1) is 0 Å². The van der Waals surface area contributed by atoms with Crippen LogP contribution in [0.3, 0.4) is 0 Å². The second-order valence-electron chi connectivity index (χ2n) is 5.51. The van der Waals surface area contributed by atoms with Gasteiger partial charge in [0.15, 0.2) is 0 Å². The highest BCUT2D eigenvalue weighted by atomic mass is 16.6. The van der Waals surface area contributed by atoms with Crippen LogP contribution in [0.4, 0.5) is 4.79 Å². The Kier molecular flexibility index (Phi) is 3.31. The largest absolute Gasteiger partial charge is 0.444 e. The van der Waals surface area contributed by atoms with Crippen LogP contribution in [-0.4, -0.2) is 35.0 Å². The van der Waals surface area contributed by atoms with E-state index in [9.17, 15) is 9.59 Å². The van der Waals surface area contributed by atoms with E-state index in [0.29, 0.717) is 12.8 Å². The van der Waals surface area contributed by atoms with Crippen molar-refractivity contribution < 1.29 is 14.3 Å². The lowest BCUT2D eigenvalue weighted by atomic mass is 9.73. The minimum absolute atomic E-state index is 0.220. The lowest BCUT2D eigenvalue weighted by molar-refractivity contribution is -0.134. The number of ketones is 1. The summed E-state index contributed by atoms with van der Waals surface area (Å²) in [6.45, 7) is 7.50. The van der Waals surface area contributed by atoms with Crippen molar-refractivity contribution in [2.45, 2.75) is 58.1 Å². The van der Waals surface area contributed by atoms with E-state index in [2.05, 4.69) is 0 Å². The van der Waals surface area contributed by atoms with Crippen molar-refractivity contribution in [1.29, 1.82) is 0 Å². The van der Waals surface area contributed by atoms with Crippen LogP contribution in [0.5, 0.6) is 0 Å². The first-order valence-corrected chi connectivity index (χ1v) is 5.69. The summed E-state index contributed by atoms with van der Waals surface area (Å²) in [6, 6.07) is 0. The maximum atomic E-state index is 11.9. The fraction of sp³-hybridized carbons (Fsp3) is 0.833. The normalized spacial score (nSPS) is 18.9. The Balaban J connectivity index is 2.66. The van der Waals surface area contributed by atoms with Gasteiger partial charge in [0, 0.05) is 19.9 Å². The molecule has 16 heavy (non-hydrogen) atoms. The molecule has 0 radical (unpaired) electrons. The van der Waals surface area contributed by atoms with E-state index < -0.39 is 5.60 Å². The van der Waals surface area contributed by atoms with E-state index in [1.54, 1.807) is 11.9 Å². The molecule has 0 N–H and O–H groups in total. The number of nitrogens with zero attached hydrogens (tertiary/aromatic N) is 1. The third-order valence-corrected chi connectivity index (χ3v) is 3.09. The molecule has 1 amide bonds. The molecular weight excluding hydrogens is 206 g/mol. The standard InChI is InChI=1S/C12H21NO3/c1-6-12(7-9(14)8-12)13(5)10(15)16-11(2,3)4/h6-8H2,1-5H3. The zero-order valence-electron chi connectivity index (χ0n) is 10.8. The molecule has 0 atom stereocenters. The van der Waals surface area contributed by atoms with Crippen molar-refractivity contribution in [2.75, 3.05) is 7.05 Å². The molecule has 0 saturated heterocycles. The van der Waals surface area contributed by atoms with Crippen molar-refractivity contribution in [3.63, 3.8) is 0 Å². The number of amides is 1. The van der Waals surface area contributed by atoms with Gasteiger partial charge in [0.2, 0.25) is 0 Å². The molecule has 1 aliphatic rings. The summed E-state index contributed by atoms with van der Waals surface area (Å²) in [5.41, 5.74) is -0.798. The van der Waals surface area contributed by atoms with Crippen LogP contribution in [0.2, 0.25) is 0 Å². The summed E-state index contributed by atoms with van der Waals surface area (Å²) < 4.78 is 5.29. The molecule has 0 aromatic heterocycles. The highest BCUT2D eigenvalue weighted by Crippen LogP contribution is 2.37. The SMILES string of the molecule is CCC1(N(C)C(=O)OC(C)(C)C)CC(=O)C1. The third-order valence-electron chi connectivity index (χ3n) is 3.09. The van der Waals surface area contributed by atoms with Gasteiger partial charge in [0.25, 0.3) is 0 Å². The second kappa shape index (κ2) is 4.07. The number of Topliss-reactive ketones (excluding diaryl/α,β-unsaturated/α-hetero) is 1. The third kappa shape index (κ3) is 2.54. The Morgan fingerprint density at radius 1 is 1.44 bits per heavy atom. The molecule has 0 heterocycles. The highest BCUT2D eigenvalue weighted by Gasteiger charge is 2.48. The first-order chi connectivity index (χ1) is 7.20. The molecule has 0 bridgehead atoms. The van der Waals surface area contributed by atoms with Gasteiger partial charge in [-0.3, -0.25) is 4.79 Å². The summed E-state index contributed by atoms with van der Waals surface area (Å²) in [6.07, 6.45) is 1.36. The molecule has 1 saturated carbocycles. The first-order valence-electron chi connectivity index (χ1n) is 5.69. The summed E-state index contributed by atoms with van der Waals surface area (Å²) >= 11 is 0. The van der Waals surface area contributed by atoms with Gasteiger partial charge in [-0.1, -0.05) is 6.92 Å². The Morgan fingerprint density at radius 3 is 2.25 bits per heavy atom. The highest BCUT2D eigenvalue weighted by molar-refractivity contribution is 5.89. The Hall–Kier alpha value is -1.06. The second-order valence-corrected chi connectivity index (χ2v) is 5.51. The lowest BCUT2D eigenvalue weighted by Gasteiger charge is -2.46. The van der Waals surface area contributed by atoms with Crippen LogP contribution in [0.15, 0.2) is 0 Å². The molecule has 0 spiro atoms. The van der Waals surface area contributed by atoms with Crippen LogP contribution in [-0.2, 0) is 9.53 Å². The maximum absolute atomic E-state index is 11.9. The smallest absolute Gasteiger partial charge is 0.410 e. The van der Waals surface area contributed by atoms with Crippen molar-refractivity contribution in [3.05, 3.63) is 0 Å². The summed E-state index contributed by atoms with van der Waals surface area (Å²) in [5, 5.41) is 0. The van der Waals surface area contributed by atoms with Gasteiger partial charge < -0.3 is 9.64 Å². The maximum Gasteiger partial charge on any atom is 0.410 e. The molecule has 0 aromatic carbocycles. The van der Waals surface area contributed by atoms with Crippen LogP contribution in [0, 0.1) is 0 Å². The number of ether oxygens (including phenoxy) is 1. The predicted molar refractivity (Wildman–Crippen MR) is 61.3 cm³/mol.